The van der Waals surface area contributed by atoms with Crippen molar-refractivity contribution in [3.05, 3.63) is 82.6 Å². The predicted octanol–water partition coefficient (Wildman–Crippen LogP) is 4.70. The lowest BCUT2D eigenvalue weighted by atomic mass is 9.95. The summed E-state index contributed by atoms with van der Waals surface area (Å²) in [4.78, 5) is 31.1. The molecule has 1 atom stereocenters. The topological polar surface area (TPSA) is 79.7 Å². The molecular formula is C23H19FN2O4S. The second-order valence-electron chi connectivity index (χ2n) is 7.20. The second kappa shape index (κ2) is 8.31. The van der Waals surface area contributed by atoms with Crippen LogP contribution in [0.5, 0.6) is 5.75 Å². The van der Waals surface area contributed by atoms with Crippen LogP contribution < -0.4 is 9.64 Å². The number of carbonyl (C=O) groups is 2. The molecule has 1 unspecified atom stereocenters. The Morgan fingerprint density at radius 2 is 1.87 bits per heavy atom. The lowest BCUT2D eigenvalue weighted by Gasteiger charge is -2.23. The zero-order chi connectivity index (χ0) is 22.1. The number of aliphatic hydroxyl groups is 1. The normalized spacial score (nSPS) is 18.1. The van der Waals surface area contributed by atoms with Crippen molar-refractivity contribution in [2.75, 3.05) is 4.90 Å². The van der Waals surface area contributed by atoms with Gasteiger partial charge in [0.05, 0.1) is 11.7 Å². The molecule has 1 aromatic heterocycles. The van der Waals surface area contributed by atoms with Crippen LogP contribution in [-0.4, -0.2) is 27.9 Å². The third kappa shape index (κ3) is 3.82. The van der Waals surface area contributed by atoms with Crippen LogP contribution in [0.1, 0.15) is 31.0 Å². The summed E-state index contributed by atoms with van der Waals surface area (Å²) < 4.78 is 20.3. The quantitative estimate of drug-likeness (QED) is 0.355. The fourth-order valence-corrected chi connectivity index (χ4v) is 4.14. The number of amides is 1. The monoisotopic (exact) mass is 438 g/mol. The first-order valence-corrected chi connectivity index (χ1v) is 10.5. The van der Waals surface area contributed by atoms with E-state index in [0.717, 1.165) is 16.2 Å². The first-order valence-electron chi connectivity index (χ1n) is 9.60. The molecule has 1 saturated heterocycles. The maximum atomic E-state index is 14.7. The van der Waals surface area contributed by atoms with Crippen LogP contribution in [0.15, 0.2) is 65.7 Å². The van der Waals surface area contributed by atoms with Crippen molar-refractivity contribution >= 4 is 33.9 Å². The highest BCUT2D eigenvalue weighted by molar-refractivity contribution is 7.14. The zero-order valence-corrected chi connectivity index (χ0v) is 17.6. The number of Topliss-reactive ketones (excluding diaryl/α,β-unsaturated/α-hetero) is 1. The summed E-state index contributed by atoms with van der Waals surface area (Å²) >= 11 is 1.15. The van der Waals surface area contributed by atoms with Crippen LogP contribution in [0.4, 0.5) is 9.52 Å². The highest BCUT2D eigenvalue weighted by Gasteiger charge is 2.48. The summed E-state index contributed by atoms with van der Waals surface area (Å²) in [6.07, 6.45) is 1.47. The van der Waals surface area contributed by atoms with Crippen LogP contribution >= 0.6 is 11.3 Å². The van der Waals surface area contributed by atoms with Crippen molar-refractivity contribution in [2.24, 2.45) is 0 Å². The van der Waals surface area contributed by atoms with Gasteiger partial charge in [0.1, 0.15) is 23.4 Å². The van der Waals surface area contributed by atoms with E-state index >= 15 is 0 Å². The Morgan fingerprint density at radius 3 is 2.48 bits per heavy atom. The van der Waals surface area contributed by atoms with Crippen molar-refractivity contribution in [3.63, 3.8) is 0 Å². The van der Waals surface area contributed by atoms with Gasteiger partial charge in [-0.15, -0.1) is 11.3 Å². The van der Waals surface area contributed by atoms with Gasteiger partial charge in [0.2, 0.25) is 0 Å². The summed E-state index contributed by atoms with van der Waals surface area (Å²) in [5.41, 5.74) is 0.218. The zero-order valence-electron chi connectivity index (χ0n) is 16.8. The summed E-state index contributed by atoms with van der Waals surface area (Å²) in [5, 5.41) is 12.9. The van der Waals surface area contributed by atoms with Crippen LogP contribution in [0.25, 0.3) is 5.76 Å². The Kier molecular flexibility index (Phi) is 5.56. The first-order chi connectivity index (χ1) is 14.9. The van der Waals surface area contributed by atoms with E-state index in [1.165, 1.54) is 24.4 Å². The Bertz CT molecular complexity index is 1160. The van der Waals surface area contributed by atoms with Crippen LogP contribution in [0, 0.1) is 5.82 Å². The molecule has 6 nitrogen and oxygen atoms in total. The number of aromatic nitrogens is 1. The molecule has 0 spiro atoms. The summed E-state index contributed by atoms with van der Waals surface area (Å²) in [6.45, 7) is 3.78. The Labute approximate surface area is 182 Å². The number of ketones is 1. The van der Waals surface area contributed by atoms with Gasteiger partial charge in [-0.1, -0.05) is 18.2 Å². The van der Waals surface area contributed by atoms with Crippen molar-refractivity contribution in [2.45, 2.75) is 26.0 Å². The Hall–Kier alpha value is -3.52. The molecule has 2 aromatic carbocycles. The first kappa shape index (κ1) is 20.7. The second-order valence-corrected chi connectivity index (χ2v) is 8.07. The van der Waals surface area contributed by atoms with Crippen LogP contribution in [0.2, 0.25) is 0 Å². The van der Waals surface area contributed by atoms with Gasteiger partial charge in [-0.05, 0) is 44.2 Å². The molecule has 1 aliphatic heterocycles. The number of halogens is 1. The molecule has 31 heavy (non-hydrogen) atoms. The average Bonchev–Trinajstić information content (AvgIpc) is 3.35. The number of rotatable bonds is 5. The van der Waals surface area contributed by atoms with E-state index in [1.54, 1.807) is 35.7 Å². The van der Waals surface area contributed by atoms with Gasteiger partial charge in [-0.2, -0.15) is 0 Å². The van der Waals surface area contributed by atoms with E-state index in [0.29, 0.717) is 11.3 Å². The van der Waals surface area contributed by atoms with E-state index < -0.39 is 23.5 Å². The number of hydrogen-bond acceptors (Lipinski definition) is 6. The minimum Gasteiger partial charge on any atom is -0.507 e. The van der Waals surface area contributed by atoms with Gasteiger partial charge in [0, 0.05) is 22.7 Å². The highest BCUT2D eigenvalue weighted by Crippen LogP contribution is 2.43. The van der Waals surface area contributed by atoms with Gasteiger partial charge in [-0.3, -0.25) is 14.5 Å². The summed E-state index contributed by atoms with van der Waals surface area (Å²) in [5.74, 6) is -2.15. The number of ether oxygens (including phenoxy) is 1. The number of nitrogens with zero attached hydrogens (tertiary/aromatic N) is 2. The number of hydrogen-bond donors (Lipinski definition) is 1. The van der Waals surface area contributed by atoms with Gasteiger partial charge >= 0.3 is 5.91 Å². The summed E-state index contributed by atoms with van der Waals surface area (Å²) in [6, 6.07) is 11.2. The number of thiazole rings is 1. The molecule has 1 aliphatic rings. The van der Waals surface area contributed by atoms with Gasteiger partial charge in [0.25, 0.3) is 5.78 Å². The fraction of sp³-hybridized carbons (Fsp3) is 0.174. The molecule has 1 amide bonds. The molecular weight excluding hydrogens is 419 g/mol. The van der Waals surface area contributed by atoms with Crippen molar-refractivity contribution in [1.29, 1.82) is 0 Å². The Morgan fingerprint density at radius 1 is 1.16 bits per heavy atom. The smallest absolute Gasteiger partial charge is 0.301 e. The molecule has 3 aromatic rings. The highest BCUT2D eigenvalue weighted by atomic mass is 32.1. The molecule has 0 saturated carbocycles. The molecule has 1 fully saturated rings. The predicted molar refractivity (Wildman–Crippen MR) is 116 cm³/mol. The van der Waals surface area contributed by atoms with E-state index in [1.807, 2.05) is 13.8 Å². The van der Waals surface area contributed by atoms with Crippen molar-refractivity contribution in [1.82, 2.24) is 4.98 Å². The maximum absolute atomic E-state index is 14.7. The third-order valence-corrected chi connectivity index (χ3v) is 5.54. The van der Waals surface area contributed by atoms with Crippen molar-refractivity contribution in [3.8, 4) is 5.75 Å². The molecule has 0 radical (unpaired) electrons. The average molecular weight is 438 g/mol. The lowest BCUT2D eigenvalue weighted by Crippen LogP contribution is -2.29. The van der Waals surface area contributed by atoms with E-state index in [2.05, 4.69) is 4.98 Å². The molecule has 1 N–H and O–H groups in total. The number of carbonyl (C=O) groups excluding carboxylic acids is 2. The van der Waals surface area contributed by atoms with E-state index in [4.69, 9.17) is 4.74 Å². The number of anilines is 1. The molecule has 8 heteroatoms. The Balaban J connectivity index is 1.87. The standard InChI is InChI=1S/C23H19FN2O4S/c1-13(2)30-15-9-7-14(8-10-15)20(27)18-19(16-5-3-4-6-17(16)24)26(22(29)21(18)28)23-25-11-12-31-23/h3-13,19,27H,1-2H3. The van der Waals surface area contributed by atoms with Crippen molar-refractivity contribution < 1.29 is 23.8 Å². The number of benzene rings is 2. The maximum Gasteiger partial charge on any atom is 0.301 e. The van der Waals surface area contributed by atoms with Crippen LogP contribution in [-0.2, 0) is 9.59 Å². The van der Waals surface area contributed by atoms with Crippen LogP contribution in [0.3, 0.4) is 0 Å². The summed E-state index contributed by atoms with van der Waals surface area (Å²) in [7, 11) is 0. The SMILES string of the molecule is CC(C)Oc1ccc(C(O)=C2C(=O)C(=O)N(c3nccs3)C2c2ccccc2F)cc1. The molecule has 2 heterocycles. The minimum absolute atomic E-state index is 0.0240. The van der Waals surface area contributed by atoms with E-state index in [-0.39, 0.29) is 28.1 Å². The molecule has 158 valence electrons. The van der Waals surface area contributed by atoms with Gasteiger partial charge < -0.3 is 9.84 Å². The minimum atomic E-state index is -1.14. The third-order valence-electron chi connectivity index (χ3n) is 4.77. The largest absolute Gasteiger partial charge is 0.507 e. The van der Waals surface area contributed by atoms with E-state index in [9.17, 15) is 19.1 Å². The van der Waals surface area contributed by atoms with Gasteiger partial charge in [0.15, 0.2) is 5.13 Å². The lowest BCUT2D eigenvalue weighted by molar-refractivity contribution is -0.132. The fourth-order valence-electron chi connectivity index (χ4n) is 3.47. The molecule has 0 bridgehead atoms. The number of aliphatic hydroxyl groups excluding tert-OH is 1. The molecule has 0 aliphatic carbocycles. The molecule has 4 rings (SSSR count). The van der Waals surface area contributed by atoms with Gasteiger partial charge in [-0.25, -0.2) is 9.37 Å².